The van der Waals surface area contributed by atoms with Crippen molar-refractivity contribution in [1.29, 1.82) is 0 Å². The highest BCUT2D eigenvalue weighted by atomic mass is 32.2. The average Bonchev–Trinajstić information content (AvgIpc) is 2.93. The summed E-state index contributed by atoms with van der Waals surface area (Å²) in [6, 6.07) is 7.79. The van der Waals surface area contributed by atoms with Crippen molar-refractivity contribution < 1.29 is 14.7 Å². The third kappa shape index (κ3) is 4.24. The average molecular weight is 321 g/mol. The van der Waals surface area contributed by atoms with Crippen LogP contribution in [0.3, 0.4) is 0 Å². The zero-order valence-electron chi connectivity index (χ0n) is 12.6. The molecule has 2 aromatic rings. The number of aromatic amines is 1. The molecule has 0 aliphatic rings. The summed E-state index contributed by atoms with van der Waals surface area (Å²) in [5.74, 6) is 0.165. The number of H-pyrrole nitrogens is 1. The molecule has 1 unspecified atom stereocenters. The number of rotatable bonds is 7. The van der Waals surface area contributed by atoms with Crippen molar-refractivity contribution in [3.8, 4) is 0 Å². The van der Waals surface area contributed by atoms with Crippen molar-refractivity contribution >= 4 is 34.7 Å². The Kier molecular flexibility index (Phi) is 5.43. The van der Waals surface area contributed by atoms with Gasteiger partial charge in [0.05, 0.1) is 28.5 Å². The Morgan fingerprint density at radius 2 is 2.14 bits per heavy atom. The van der Waals surface area contributed by atoms with Gasteiger partial charge in [-0.1, -0.05) is 12.1 Å². The third-order valence-corrected chi connectivity index (χ3v) is 4.47. The quantitative estimate of drug-likeness (QED) is 0.817. The molecule has 0 saturated carbocycles. The maximum absolute atomic E-state index is 11.9. The maximum atomic E-state index is 11.9. The van der Waals surface area contributed by atoms with Gasteiger partial charge in [-0.25, -0.2) is 4.98 Å². The van der Waals surface area contributed by atoms with E-state index < -0.39 is 5.97 Å². The van der Waals surface area contributed by atoms with Crippen LogP contribution in [0, 0.1) is 0 Å². The first kappa shape index (κ1) is 16.4. The van der Waals surface area contributed by atoms with Crippen LogP contribution in [0.25, 0.3) is 11.0 Å². The monoisotopic (exact) mass is 321 g/mol. The van der Waals surface area contributed by atoms with Crippen LogP contribution in [0.15, 0.2) is 24.3 Å². The van der Waals surface area contributed by atoms with Gasteiger partial charge in [-0.15, -0.1) is 11.8 Å². The van der Waals surface area contributed by atoms with Gasteiger partial charge in [-0.05, 0) is 19.1 Å². The molecule has 7 heteroatoms. The lowest BCUT2D eigenvalue weighted by Crippen LogP contribution is -2.30. The summed E-state index contributed by atoms with van der Waals surface area (Å²) in [6.07, 6.45) is -0.0357. The van der Waals surface area contributed by atoms with Crippen molar-refractivity contribution in [3.05, 3.63) is 30.1 Å². The summed E-state index contributed by atoms with van der Waals surface area (Å²) in [4.78, 5) is 31.7. The van der Waals surface area contributed by atoms with E-state index in [9.17, 15) is 9.59 Å². The van der Waals surface area contributed by atoms with Gasteiger partial charge in [-0.3, -0.25) is 9.59 Å². The highest BCUT2D eigenvalue weighted by molar-refractivity contribution is 8.00. The van der Waals surface area contributed by atoms with E-state index in [1.54, 1.807) is 7.05 Å². The van der Waals surface area contributed by atoms with E-state index in [1.807, 2.05) is 31.2 Å². The number of aromatic nitrogens is 2. The lowest BCUT2D eigenvalue weighted by molar-refractivity contribution is -0.137. The number of thioether (sulfide) groups is 1. The number of carbonyl (C=O) groups excluding carboxylic acids is 1. The highest BCUT2D eigenvalue weighted by Crippen LogP contribution is 2.27. The molecule has 0 saturated heterocycles. The largest absolute Gasteiger partial charge is 0.481 e. The molecule has 0 bridgehead atoms. The van der Waals surface area contributed by atoms with Crippen molar-refractivity contribution in [2.24, 2.45) is 0 Å². The Balaban J connectivity index is 1.87. The van der Waals surface area contributed by atoms with Crippen molar-refractivity contribution in [1.82, 2.24) is 14.9 Å². The minimum Gasteiger partial charge on any atom is -0.481 e. The fourth-order valence-corrected chi connectivity index (χ4v) is 2.82. The second kappa shape index (κ2) is 7.31. The molecule has 0 fully saturated rings. The molecule has 0 radical (unpaired) electrons. The first-order chi connectivity index (χ1) is 10.5. The Morgan fingerprint density at radius 3 is 2.82 bits per heavy atom. The number of carboxylic acids is 1. The Labute approximate surface area is 132 Å². The number of nitrogens with zero attached hydrogens (tertiary/aromatic N) is 2. The number of imidazole rings is 1. The molecule has 1 aromatic carbocycles. The molecule has 118 valence electrons. The van der Waals surface area contributed by atoms with Crippen LogP contribution < -0.4 is 0 Å². The normalized spacial score (nSPS) is 12.3. The van der Waals surface area contributed by atoms with Crippen LogP contribution in [0.5, 0.6) is 0 Å². The predicted octanol–water partition coefficient (Wildman–Crippen LogP) is 2.29. The van der Waals surface area contributed by atoms with Crippen molar-refractivity contribution in [2.75, 3.05) is 19.3 Å². The van der Waals surface area contributed by atoms with Gasteiger partial charge in [0.15, 0.2) is 0 Å². The van der Waals surface area contributed by atoms with Crippen LogP contribution >= 0.6 is 11.8 Å². The smallest absolute Gasteiger partial charge is 0.305 e. The number of amides is 1. The standard InChI is InChI=1S/C15H19N3O3S/c1-10(15-16-11-5-3-4-6-12(11)17-15)22-9-13(19)18(2)8-7-14(20)21/h3-6,10H,7-9H2,1-2H3,(H,16,17)(H,20,21). The maximum Gasteiger partial charge on any atom is 0.305 e. The van der Waals surface area contributed by atoms with Gasteiger partial charge in [-0.2, -0.15) is 0 Å². The van der Waals surface area contributed by atoms with E-state index in [4.69, 9.17) is 5.11 Å². The van der Waals surface area contributed by atoms with E-state index in [1.165, 1.54) is 16.7 Å². The number of carboxylic acid groups (broad SMARTS) is 1. The zero-order valence-corrected chi connectivity index (χ0v) is 13.4. The number of hydrogen-bond acceptors (Lipinski definition) is 4. The summed E-state index contributed by atoms with van der Waals surface area (Å²) in [5.41, 5.74) is 1.89. The summed E-state index contributed by atoms with van der Waals surface area (Å²) < 4.78 is 0. The molecule has 1 aromatic heterocycles. The van der Waals surface area contributed by atoms with Gasteiger partial charge in [0.1, 0.15) is 5.82 Å². The van der Waals surface area contributed by atoms with Crippen LogP contribution in [0.2, 0.25) is 0 Å². The molecule has 1 atom stereocenters. The fraction of sp³-hybridized carbons (Fsp3) is 0.400. The first-order valence-corrected chi connectivity index (χ1v) is 8.04. The number of benzene rings is 1. The SMILES string of the molecule is CC(SCC(=O)N(C)CCC(=O)O)c1nc2ccccc2[nH]1. The summed E-state index contributed by atoms with van der Waals surface area (Å²) >= 11 is 1.48. The number of para-hydroxylation sites is 2. The molecule has 0 spiro atoms. The molecular formula is C15H19N3O3S. The van der Waals surface area contributed by atoms with Crippen molar-refractivity contribution in [3.63, 3.8) is 0 Å². The number of nitrogens with one attached hydrogen (secondary N) is 1. The molecule has 6 nitrogen and oxygen atoms in total. The molecular weight excluding hydrogens is 302 g/mol. The van der Waals surface area contributed by atoms with E-state index in [2.05, 4.69) is 9.97 Å². The van der Waals surface area contributed by atoms with E-state index >= 15 is 0 Å². The lowest BCUT2D eigenvalue weighted by Gasteiger charge is -2.16. The third-order valence-electron chi connectivity index (χ3n) is 3.34. The zero-order chi connectivity index (χ0) is 16.1. The number of fused-ring (bicyclic) bond motifs is 1. The van der Waals surface area contributed by atoms with Gasteiger partial charge in [0, 0.05) is 13.6 Å². The van der Waals surface area contributed by atoms with Crippen LogP contribution in [-0.2, 0) is 9.59 Å². The molecule has 2 rings (SSSR count). The highest BCUT2D eigenvalue weighted by Gasteiger charge is 2.15. The lowest BCUT2D eigenvalue weighted by atomic mass is 10.3. The van der Waals surface area contributed by atoms with Gasteiger partial charge in [0.25, 0.3) is 0 Å². The second-order valence-electron chi connectivity index (χ2n) is 5.05. The molecule has 0 aliphatic carbocycles. The molecule has 1 amide bonds. The minimum atomic E-state index is -0.900. The fourth-order valence-electron chi connectivity index (χ4n) is 1.94. The summed E-state index contributed by atoms with van der Waals surface area (Å²) in [7, 11) is 1.62. The van der Waals surface area contributed by atoms with Gasteiger partial charge in [0.2, 0.25) is 5.91 Å². The minimum absolute atomic E-state index is 0.0357. The van der Waals surface area contributed by atoms with Gasteiger partial charge < -0.3 is 15.0 Å². The Bertz CT molecular complexity index is 638. The molecule has 1 heterocycles. The molecule has 0 aliphatic heterocycles. The number of carbonyl (C=O) groups is 2. The Morgan fingerprint density at radius 1 is 1.41 bits per heavy atom. The summed E-state index contributed by atoms with van der Waals surface area (Å²) in [6.45, 7) is 2.22. The number of hydrogen-bond donors (Lipinski definition) is 2. The second-order valence-corrected chi connectivity index (χ2v) is 6.38. The number of aliphatic carboxylic acids is 1. The van der Waals surface area contributed by atoms with E-state index in [-0.39, 0.29) is 24.1 Å². The van der Waals surface area contributed by atoms with E-state index in [0.717, 1.165) is 16.9 Å². The van der Waals surface area contributed by atoms with Crippen LogP contribution in [-0.4, -0.2) is 51.2 Å². The van der Waals surface area contributed by atoms with Crippen molar-refractivity contribution in [2.45, 2.75) is 18.6 Å². The Hall–Kier alpha value is -2.02. The van der Waals surface area contributed by atoms with E-state index in [0.29, 0.717) is 5.75 Å². The van der Waals surface area contributed by atoms with Gasteiger partial charge >= 0.3 is 5.97 Å². The predicted molar refractivity (Wildman–Crippen MR) is 86.9 cm³/mol. The molecule has 2 N–H and O–H groups in total. The topological polar surface area (TPSA) is 86.3 Å². The van der Waals surface area contributed by atoms with Crippen LogP contribution in [0.4, 0.5) is 0 Å². The van der Waals surface area contributed by atoms with Crippen LogP contribution in [0.1, 0.15) is 24.4 Å². The first-order valence-electron chi connectivity index (χ1n) is 6.99. The molecule has 22 heavy (non-hydrogen) atoms. The summed E-state index contributed by atoms with van der Waals surface area (Å²) in [5, 5.41) is 8.68.